The molecule has 0 fully saturated rings. The van der Waals surface area contributed by atoms with E-state index in [2.05, 4.69) is 9.97 Å². The van der Waals surface area contributed by atoms with E-state index in [1.165, 1.54) is 0 Å². The Kier molecular flexibility index (Phi) is 4.13. The molecular formula is C13H10ClF3N2O. The lowest BCUT2D eigenvalue weighted by molar-refractivity contribution is -0.145. The third kappa shape index (κ3) is 3.60. The summed E-state index contributed by atoms with van der Waals surface area (Å²) in [5.41, 5.74) is 0.816. The normalized spacial score (nSPS) is 13.1. The fourth-order valence-electron chi connectivity index (χ4n) is 1.56. The highest BCUT2D eigenvalue weighted by molar-refractivity contribution is 6.29. The Bertz CT molecular complexity index is 590. The summed E-state index contributed by atoms with van der Waals surface area (Å²) < 4.78 is 43.1. The van der Waals surface area contributed by atoms with E-state index in [0.717, 1.165) is 11.6 Å². The van der Waals surface area contributed by atoms with E-state index in [4.69, 9.17) is 16.3 Å². The Morgan fingerprint density at radius 1 is 1.15 bits per heavy atom. The fourth-order valence-corrected chi connectivity index (χ4v) is 1.73. The summed E-state index contributed by atoms with van der Waals surface area (Å²) >= 11 is 5.55. The maximum Gasteiger partial charge on any atom is 0.451 e. The van der Waals surface area contributed by atoms with Crippen molar-refractivity contribution in [2.24, 2.45) is 0 Å². The molecule has 0 bridgehead atoms. The third-order valence-corrected chi connectivity index (χ3v) is 2.69. The average molecular weight is 303 g/mol. The second-order valence-corrected chi connectivity index (χ2v) is 4.41. The van der Waals surface area contributed by atoms with Crippen LogP contribution in [-0.4, -0.2) is 9.97 Å². The van der Waals surface area contributed by atoms with Crippen LogP contribution < -0.4 is 4.74 Å². The van der Waals surface area contributed by atoms with Crippen LogP contribution >= 0.6 is 11.6 Å². The van der Waals surface area contributed by atoms with Gasteiger partial charge in [0.05, 0.1) is 0 Å². The number of benzene rings is 1. The Labute approximate surface area is 118 Å². The highest BCUT2D eigenvalue weighted by Gasteiger charge is 2.35. The molecule has 0 saturated heterocycles. The highest BCUT2D eigenvalue weighted by atomic mass is 35.5. The van der Waals surface area contributed by atoms with Crippen LogP contribution in [0.3, 0.4) is 0 Å². The number of hydrogen-bond acceptors (Lipinski definition) is 3. The molecule has 2 rings (SSSR count). The van der Waals surface area contributed by atoms with E-state index < -0.39 is 18.1 Å². The second kappa shape index (κ2) is 5.66. The van der Waals surface area contributed by atoms with Gasteiger partial charge in [0.25, 0.3) is 0 Å². The van der Waals surface area contributed by atoms with E-state index in [0.29, 0.717) is 0 Å². The van der Waals surface area contributed by atoms with Gasteiger partial charge in [0, 0.05) is 6.07 Å². The third-order valence-electron chi connectivity index (χ3n) is 2.49. The molecule has 106 valence electrons. The van der Waals surface area contributed by atoms with Gasteiger partial charge in [-0.05, 0) is 12.5 Å². The summed E-state index contributed by atoms with van der Waals surface area (Å²) in [6.45, 7) is 1.71. The number of rotatable bonds is 3. The van der Waals surface area contributed by atoms with Crippen LogP contribution in [0.5, 0.6) is 5.88 Å². The number of ether oxygens (including phenoxy) is 1. The summed E-state index contributed by atoms with van der Waals surface area (Å²) in [7, 11) is 0. The Morgan fingerprint density at radius 3 is 2.40 bits per heavy atom. The summed E-state index contributed by atoms with van der Waals surface area (Å²) in [5, 5.41) is -0.317. The standard InChI is InChI=1S/C13H10ClF3N2O/c1-8(9-5-3-2-4-6-9)20-11-7-10(14)18-12(19-11)13(15,16)17/h2-8H,1H3. The molecule has 0 aliphatic rings. The van der Waals surface area contributed by atoms with Gasteiger partial charge in [-0.3, -0.25) is 0 Å². The number of halogens is 4. The lowest BCUT2D eigenvalue weighted by atomic mass is 10.1. The van der Waals surface area contributed by atoms with Crippen molar-refractivity contribution in [1.29, 1.82) is 0 Å². The average Bonchev–Trinajstić information content (AvgIpc) is 2.38. The maximum absolute atomic E-state index is 12.6. The van der Waals surface area contributed by atoms with Gasteiger partial charge in [0.1, 0.15) is 11.3 Å². The number of alkyl halides is 3. The van der Waals surface area contributed by atoms with E-state index in [1.807, 2.05) is 18.2 Å². The topological polar surface area (TPSA) is 35.0 Å². The van der Waals surface area contributed by atoms with Crippen LogP contribution in [0.2, 0.25) is 5.15 Å². The molecule has 2 aromatic rings. The maximum atomic E-state index is 12.6. The molecule has 7 heteroatoms. The van der Waals surface area contributed by atoms with Crippen molar-refractivity contribution >= 4 is 11.6 Å². The summed E-state index contributed by atoms with van der Waals surface area (Å²) in [5.74, 6) is -1.53. The van der Waals surface area contributed by atoms with E-state index in [-0.39, 0.29) is 11.0 Å². The largest absolute Gasteiger partial charge is 0.470 e. The van der Waals surface area contributed by atoms with Crippen LogP contribution in [0, 0.1) is 0 Å². The molecule has 1 unspecified atom stereocenters. The first-order chi connectivity index (χ1) is 9.36. The van der Waals surface area contributed by atoms with E-state index in [9.17, 15) is 13.2 Å². The lowest BCUT2D eigenvalue weighted by Gasteiger charge is -2.15. The smallest absolute Gasteiger partial charge is 0.451 e. The van der Waals surface area contributed by atoms with Crippen LogP contribution in [0.1, 0.15) is 24.4 Å². The van der Waals surface area contributed by atoms with Gasteiger partial charge < -0.3 is 4.74 Å². The van der Waals surface area contributed by atoms with Crippen molar-refractivity contribution in [3.8, 4) is 5.88 Å². The molecule has 0 radical (unpaired) electrons. The van der Waals surface area contributed by atoms with Crippen molar-refractivity contribution in [3.05, 3.63) is 52.9 Å². The highest BCUT2D eigenvalue weighted by Crippen LogP contribution is 2.30. The van der Waals surface area contributed by atoms with Gasteiger partial charge in [0.15, 0.2) is 0 Å². The molecule has 0 amide bonds. The minimum atomic E-state index is -4.67. The lowest BCUT2D eigenvalue weighted by Crippen LogP contribution is -2.13. The number of aromatic nitrogens is 2. The molecule has 0 N–H and O–H groups in total. The van der Waals surface area contributed by atoms with Gasteiger partial charge in [-0.25, -0.2) is 4.98 Å². The molecule has 20 heavy (non-hydrogen) atoms. The molecule has 1 heterocycles. The molecular weight excluding hydrogens is 293 g/mol. The van der Waals surface area contributed by atoms with Gasteiger partial charge in [-0.1, -0.05) is 41.9 Å². The Hall–Kier alpha value is -1.82. The van der Waals surface area contributed by atoms with Crippen molar-refractivity contribution in [2.75, 3.05) is 0 Å². The predicted octanol–water partition coefficient (Wildman–Crippen LogP) is 4.29. The van der Waals surface area contributed by atoms with Gasteiger partial charge >= 0.3 is 6.18 Å². The summed E-state index contributed by atoms with van der Waals surface area (Å²) in [4.78, 5) is 6.46. The van der Waals surface area contributed by atoms with Crippen LogP contribution in [0.4, 0.5) is 13.2 Å². The zero-order valence-corrected chi connectivity index (χ0v) is 11.1. The predicted molar refractivity (Wildman–Crippen MR) is 67.5 cm³/mol. The van der Waals surface area contributed by atoms with Crippen LogP contribution in [0.15, 0.2) is 36.4 Å². The molecule has 0 spiro atoms. The van der Waals surface area contributed by atoms with Crippen molar-refractivity contribution < 1.29 is 17.9 Å². The number of hydrogen-bond donors (Lipinski definition) is 0. The second-order valence-electron chi connectivity index (χ2n) is 4.02. The first kappa shape index (κ1) is 14.6. The molecule has 3 nitrogen and oxygen atoms in total. The Morgan fingerprint density at radius 2 is 1.80 bits per heavy atom. The summed E-state index contributed by atoms with van der Waals surface area (Å²) in [6, 6.07) is 10.2. The van der Waals surface area contributed by atoms with Gasteiger partial charge in [0.2, 0.25) is 11.7 Å². The van der Waals surface area contributed by atoms with Gasteiger partial charge in [-0.15, -0.1) is 0 Å². The molecule has 1 aromatic carbocycles. The van der Waals surface area contributed by atoms with Crippen molar-refractivity contribution in [3.63, 3.8) is 0 Å². The quantitative estimate of drug-likeness (QED) is 0.793. The van der Waals surface area contributed by atoms with E-state index in [1.54, 1.807) is 19.1 Å². The zero-order chi connectivity index (χ0) is 14.8. The van der Waals surface area contributed by atoms with Crippen molar-refractivity contribution in [1.82, 2.24) is 9.97 Å². The number of nitrogens with zero attached hydrogens (tertiary/aromatic N) is 2. The van der Waals surface area contributed by atoms with E-state index >= 15 is 0 Å². The zero-order valence-electron chi connectivity index (χ0n) is 10.4. The minimum absolute atomic E-state index is 0.214. The minimum Gasteiger partial charge on any atom is -0.470 e. The van der Waals surface area contributed by atoms with Crippen molar-refractivity contribution in [2.45, 2.75) is 19.2 Å². The molecule has 0 saturated carbocycles. The fraction of sp³-hybridized carbons (Fsp3) is 0.231. The van der Waals surface area contributed by atoms with Gasteiger partial charge in [-0.2, -0.15) is 18.2 Å². The molecule has 1 atom stereocenters. The monoisotopic (exact) mass is 302 g/mol. The van der Waals surface area contributed by atoms with Crippen LogP contribution in [-0.2, 0) is 6.18 Å². The first-order valence-corrected chi connectivity index (χ1v) is 6.07. The molecule has 0 aliphatic carbocycles. The van der Waals surface area contributed by atoms with Crippen LogP contribution in [0.25, 0.3) is 0 Å². The Balaban J connectivity index is 2.24. The molecule has 0 aliphatic heterocycles. The SMILES string of the molecule is CC(Oc1cc(Cl)nc(C(F)(F)F)n1)c1ccccc1. The first-order valence-electron chi connectivity index (χ1n) is 5.69. The summed E-state index contributed by atoms with van der Waals surface area (Å²) in [6.07, 6.45) is -5.12. The molecule has 1 aromatic heterocycles.